The lowest BCUT2D eigenvalue weighted by Crippen LogP contribution is -2.08. The fourth-order valence-electron chi connectivity index (χ4n) is 0.671. The van der Waals surface area contributed by atoms with Crippen LogP contribution in [0.1, 0.15) is 0 Å². The maximum absolute atomic E-state index is 4.05. The van der Waals surface area contributed by atoms with E-state index in [0.717, 1.165) is 5.17 Å². The molecule has 1 rings (SSSR count). The van der Waals surface area contributed by atoms with Gasteiger partial charge in [-0.2, -0.15) is 0 Å². The summed E-state index contributed by atoms with van der Waals surface area (Å²) in [4.78, 5) is 12.0. The van der Waals surface area contributed by atoms with Gasteiger partial charge in [0.2, 0.25) is 0 Å². The Labute approximate surface area is 75.5 Å². The van der Waals surface area contributed by atoms with Gasteiger partial charge in [0.25, 0.3) is 0 Å². The van der Waals surface area contributed by atoms with Crippen molar-refractivity contribution in [1.82, 2.24) is 9.97 Å². The first-order valence-electron chi connectivity index (χ1n) is 3.40. The molecule has 0 amide bonds. The highest BCUT2D eigenvalue weighted by atomic mass is 32.2. The zero-order valence-electron chi connectivity index (χ0n) is 6.98. The lowest BCUT2D eigenvalue weighted by atomic mass is 10.7. The van der Waals surface area contributed by atoms with E-state index in [1.54, 1.807) is 25.6 Å². The minimum absolute atomic E-state index is 0.715. The van der Waals surface area contributed by atoms with E-state index >= 15 is 0 Å². The summed E-state index contributed by atoms with van der Waals surface area (Å²) in [5.41, 5.74) is 0. The highest BCUT2D eigenvalue weighted by molar-refractivity contribution is 8.13. The first-order valence-corrected chi connectivity index (χ1v) is 4.63. The maximum atomic E-state index is 4.05. The van der Waals surface area contributed by atoms with Crippen LogP contribution in [0.5, 0.6) is 0 Å². The number of thioether (sulfide) groups is 1. The second kappa shape index (κ2) is 4.71. The van der Waals surface area contributed by atoms with Crippen molar-refractivity contribution in [2.75, 3.05) is 18.6 Å². The molecule has 12 heavy (non-hydrogen) atoms. The summed E-state index contributed by atoms with van der Waals surface area (Å²) >= 11 is 1.54. The molecule has 1 aromatic rings. The molecule has 64 valence electrons. The molecular weight excluding hydrogens is 172 g/mol. The lowest BCUT2D eigenvalue weighted by molar-refractivity contribution is 1.20. The second-order valence-corrected chi connectivity index (χ2v) is 2.74. The van der Waals surface area contributed by atoms with Gasteiger partial charge in [-0.3, -0.25) is 9.98 Å². The highest BCUT2D eigenvalue weighted by Gasteiger charge is 1.96. The van der Waals surface area contributed by atoms with Crippen LogP contribution in [0, 0.1) is 0 Å². The molecule has 0 unspecified atom stereocenters. The normalized spacial score (nSPS) is 11.3. The van der Waals surface area contributed by atoms with E-state index in [1.807, 2.05) is 6.26 Å². The number of aromatic nitrogens is 2. The summed E-state index contributed by atoms with van der Waals surface area (Å²) in [6.07, 6.45) is 6.87. The Hall–Kier alpha value is -1.10. The molecule has 1 N–H and O–H groups in total. The Morgan fingerprint density at radius 1 is 1.58 bits per heavy atom. The summed E-state index contributed by atoms with van der Waals surface area (Å²) in [6, 6.07) is 0. The molecule has 0 atom stereocenters. The Bertz CT molecular complexity index is 259. The van der Waals surface area contributed by atoms with Crippen LogP contribution in [0.4, 0.5) is 5.82 Å². The molecule has 0 aromatic carbocycles. The number of nitrogens with one attached hydrogen (secondary N) is 1. The van der Waals surface area contributed by atoms with E-state index < -0.39 is 0 Å². The monoisotopic (exact) mass is 182 g/mol. The number of anilines is 1. The van der Waals surface area contributed by atoms with Crippen LogP contribution in [0.25, 0.3) is 0 Å². The van der Waals surface area contributed by atoms with Crippen LogP contribution in [-0.4, -0.2) is 28.4 Å². The number of hydrogen-bond donors (Lipinski definition) is 1. The largest absolute Gasteiger partial charge is 0.318 e. The Balaban J connectivity index is 2.64. The van der Waals surface area contributed by atoms with Crippen LogP contribution in [-0.2, 0) is 0 Å². The topological polar surface area (TPSA) is 50.2 Å². The average Bonchev–Trinajstić information content (AvgIpc) is 2.16. The number of aliphatic imine (C=N–C) groups is 1. The Morgan fingerprint density at radius 3 is 2.92 bits per heavy atom. The molecule has 0 radical (unpaired) electrons. The van der Waals surface area contributed by atoms with E-state index in [9.17, 15) is 0 Å². The second-order valence-electron chi connectivity index (χ2n) is 1.95. The van der Waals surface area contributed by atoms with Crippen LogP contribution < -0.4 is 5.32 Å². The summed E-state index contributed by atoms with van der Waals surface area (Å²) in [6.45, 7) is 0. The zero-order chi connectivity index (χ0) is 8.81. The Kier molecular flexibility index (Phi) is 3.53. The molecule has 1 aromatic heterocycles. The Morgan fingerprint density at radius 2 is 2.42 bits per heavy atom. The predicted molar refractivity (Wildman–Crippen MR) is 52.5 cm³/mol. The zero-order valence-corrected chi connectivity index (χ0v) is 7.80. The minimum Gasteiger partial charge on any atom is -0.318 e. The van der Waals surface area contributed by atoms with Crippen molar-refractivity contribution < 1.29 is 0 Å². The molecule has 0 saturated heterocycles. The number of nitrogens with zero attached hydrogens (tertiary/aromatic N) is 3. The molecule has 4 nitrogen and oxygen atoms in total. The molecule has 0 bridgehead atoms. The van der Waals surface area contributed by atoms with E-state index in [1.165, 1.54) is 11.8 Å². The van der Waals surface area contributed by atoms with Gasteiger partial charge >= 0.3 is 0 Å². The van der Waals surface area contributed by atoms with Gasteiger partial charge in [-0.15, -0.1) is 0 Å². The van der Waals surface area contributed by atoms with E-state index in [4.69, 9.17) is 0 Å². The fourth-order valence-corrected chi connectivity index (χ4v) is 1.06. The van der Waals surface area contributed by atoms with Gasteiger partial charge < -0.3 is 5.32 Å². The lowest BCUT2D eigenvalue weighted by Gasteiger charge is -2.03. The van der Waals surface area contributed by atoms with Gasteiger partial charge in [0.1, 0.15) is 5.82 Å². The molecule has 0 fully saturated rings. The van der Waals surface area contributed by atoms with Crippen molar-refractivity contribution in [3.8, 4) is 0 Å². The maximum Gasteiger partial charge on any atom is 0.161 e. The van der Waals surface area contributed by atoms with Crippen LogP contribution in [0.3, 0.4) is 0 Å². The molecule has 0 aliphatic carbocycles. The van der Waals surface area contributed by atoms with Gasteiger partial charge in [0.15, 0.2) is 5.17 Å². The molecular formula is C7H10N4S. The standard InChI is InChI=1S/C7H10N4S/c1-8-7(12-2)11-6-5-9-3-4-10-6/h3-5H,1-2H3,(H,8,10,11). The van der Waals surface area contributed by atoms with Crippen molar-refractivity contribution in [1.29, 1.82) is 0 Å². The third kappa shape index (κ3) is 2.50. The van der Waals surface area contributed by atoms with Gasteiger partial charge in [0, 0.05) is 19.4 Å². The molecule has 0 aliphatic rings. The van der Waals surface area contributed by atoms with Crippen LogP contribution in [0.2, 0.25) is 0 Å². The SMILES string of the molecule is CN=C(Nc1cnccn1)SC. The van der Waals surface area contributed by atoms with Crippen molar-refractivity contribution in [3.63, 3.8) is 0 Å². The van der Waals surface area contributed by atoms with E-state index in [0.29, 0.717) is 5.82 Å². The molecule has 1 heterocycles. The average molecular weight is 182 g/mol. The fraction of sp³-hybridized carbons (Fsp3) is 0.286. The van der Waals surface area contributed by atoms with Crippen LogP contribution >= 0.6 is 11.8 Å². The smallest absolute Gasteiger partial charge is 0.161 e. The summed E-state index contributed by atoms with van der Waals surface area (Å²) in [7, 11) is 1.73. The van der Waals surface area contributed by atoms with Crippen molar-refractivity contribution in [2.45, 2.75) is 0 Å². The van der Waals surface area contributed by atoms with Crippen molar-refractivity contribution >= 4 is 22.7 Å². The molecule has 0 aliphatic heterocycles. The summed E-state index contributed by atoms with van der Waals surface area (Å²) in [5, 5.41) is 3.85. The number of rotatable bonds is 1. The van der Waals surface area contributed by atoms with Crippen LogP contribution in [0.15, 0.2) is 23.6 Å². The third-order valence-corrected chi connectivity index (χ3v) is 1.87. The van der Waals surface area contributed by atoms with Gasteiger partial charge in [-0.25, -0.2) is 4.98 Å². The summed E-state index contributed by atoms with van der Waals surface area (Å²) < 4.78 is 0. The van der Waals surface area contributed by atoms with E-state index in [-0.39, 0.29) is 0 Å². The first-order chi connectivity index (χ1) is 5.86. The van der Waals surface area contributed by atoms with Crippen molar-refractivity contribution in [3.05, 3.63) is 18.6 Å². The number of amidine groups is 1. The van der Waals surface area contributed by atoms with E-state index in [2.05, 4.69) is 20.3 Å². The minimum atomic E-state index is 0.715. The van der Waals surface area contributed by atoms with Gasteiger partial charge in [-0.05, 0) is 6.26 Å². The molecule has 0 spiro atoms. The molecule has 5 heteroatoms. The predicted octanol–water partition coefficient (Wildman–Crippen LogP) is 1.24. The van der Waals surface area contributed by atoms with Gasteiger partial charge in [0.05, 0.1) is 6.20 Å². The number of hydrogen-bond acceptors (Lipinski definition) is 4. The molecule has 0 saturated carbocycles. The highest BCUT2D eigenvalue weighted by Crippen LogP contribution is 2.03. The quantitative estimate of drug-likeness (QED) is 0.524. The third-order valence-electron chi connectivity index (χ3n) is 1.19. The van der Waals surface area contributed by atoms with Gasteiger partial charge in [-0.1, -0.05) is 11.8 Å². The first kappa shape index (κ1) is 8.99. The van der Waals surface area contributed by atoms with Crippen molar-refractivity contribution in [2.24, 2.45) is 4.99 Å². The summed E-state index contributed by atoms with van der Waals surface area (Å²) in [5.74, 6) is 0.715.